The van der Waals surface area contributed by atoms with Crippen molar-refractivity contribution in [2.24, 2.45) is 17.8 Å². The lowest BCUT2D eigenvalue weighted by atomic mass is 10.0. The van der Waals surface area contributed by atoms with Gasteiger partial charge in [-0.3, -0.25) is 9.36 Å². The zero-order chi connectivity index (χ0) is 29.9. The zero-order valence-electron chi connectivity index (χ0n) is 24.0. The van der Waals surface area contributed by atoms with Crippen molar-refractivity contribution < 1.29 is 19.1 Å². The number of nitrogens with zero attached hydrogens (tertiary/aromatic N) is 3. The first kappa shape index (κ1) is 28.9. The SMILES string of the molecule is Cc1c(-c2ncco2)sc2c1c(=O)n(C(C)(C)C(=O)O)c(=O)n2CC(OC1C[C@H]2CC(C)C[C@H]2C1)c1ccccc1Cl. The second kappa shape index (κ2) is 10.8. The number of aromatic nitrogens is 3. The number of aryl methyl sites for hydroxylation is 1. The number of aliphatic carboxylic acids is 1. The number of rotatable bonds is 8. The van der Waals surface area contributed by atoms with Crippen molar-refractivity contribution in [2.75, 3.05) is 0 Å². The van der Waals surface area contributed by atoms with E-state index < -0.39 is 28.9 Å². The minimum absolute atomic E-state index is 0.00860. The molecule has 11 heteroatoms. The van der Waals surface area contributed by atoms with Crippen molar-refractivity contribution in [3.8, 4) is 10.8 Å². The number of carboxylic acid groups (broad SMARTS) is 1. The Morgan fingerprint density at radius 1 is 1.21 bits per heavy atom. The van der Waals surface area contributed by atoms with Crippen molar-refractivity contribution in [3.05, 3.63) is 73.7 Å². The predicted octanol–water partition coefficient (Wildman–Crippen LogP) is 6.24. The summed E-state index contributed by atoms with van der Waals surface area (Å²) in [6, 6.07) is 7.41. The van der Waals surface area contributed by atoms with Crippen LogP contribution in [-0.4, -0.2) is 31.3 Å². The monoisotopic (exact) mass is 611 g/mol. The Morgan fingerprint density at radius 2 is 1.90 bits per heavy atom. The first-order chi connectivity index (χ1) is 20.0. The molecule has 0 spiro atoms. The molecule has 5 atom stereocenters. The summed E-state index contributed by atoms with van der Waals surface area (Å²) < 4.78 is 14.6. The molecule has 0 amide bonds. The van der Waals surface area contributed by atoms with Crippen LogP contribution in [0, 0.1) is 24.7 Å². The number of oxazole rings is 1. The molecule has 3 heterocycles. The number of carbonyl (C=O) groups is 1. The third-order valence-corrected chi connectivity index (χ3v) is 10.7. The molecular weight excluding hydrogens is 578 g/mol. The van der Waals surface area contributed by atoms with E-state index in [1.165, 1.54) is 55.1 Å². The van der Waals surface area contributed by atoms with Crippen molar-refractivity contribution in [1.82, 2.24) is 14.1 Å². The smallest absolute Gasteiger partial charge is 0.333 e. The highest BCUT2D eigenvalue weighted by atomic mass is 35.5. The van der Waals surface area contributed by atoms with E-state index in [0.29, 0.717) is 38.0 Å². The molecule has 1 N–H and O–H groups in total. The number of ether oxygens (including phenoxy) is 1. The van der Waals surface area contributed by atoms with E-state index in [-0.39, 0.29) is 18.0 Å². The van der Waals surface area contributed by atoms with E-state index >= 15 is 0 Å². The highest BCUT2D eigenvalue weighted by Gasteiger charge is 2.42. The summed E-state index contributed by atoms with van der Waals surface area (Å²) in [5.74, 6) is 1.02. The van der Waals surface area contributed by atoms with E-state index in [0.717, 1.165) is 28.9 Å². The average molecular weight is 612 g/mol. The Kier molecular flexibility index (Phi) is 7.43. The molecule has 3 aromatic heterocycles. The maximum atomic E-state index is 14.2. The second-order valence-electron chi connectivity index (χ2n) is 12.3. The molecule has 6 rings (SSSR count). The molecule has 2 aliphatic carbocycles. The first-order valence-electron chi connectivity index (χ1n) is 14.3. The molecular formula is C31H34ClN3O6S. The van der Waals surface area contributed by atoms with Gasteiger partial charge in [0.05, 0.1) is 29.1 Å². The normalized spacial score (nSPS) is 23.0. The van der Waals surface area contributed by atoms with Gasteiger partial charge in [0, 0.05) is 10.6 Å². The summed E-state index contributed by atoms with van der Waals surface area (Å²) in [5, 5.41) is 10.8. The minimum Gasteiger partial charge on any atom is -0.480 e. The van der Waals surface area contributed by atoms with Crippen molar-refractivity contribution >= 4 is 39.1 Å². The van der Waals surface area contributed by atoms with E-state index in [4.69, 9.17) is 20.8 Å². The van der Waals surface area contributed by atoms with Crippen LogP contribution in [0.1, 0.15) is 63.7 Å². The number of halogens is 1. The number of thiophene rings is 1. The van der Waals surface area contributed by atoms with Crippen LogP contribution in [-0.2, 0) is 21.6 Å². The first-order valence-corrected chi connectivity index (χ1v) is 15.5. The minimum atomic E-state index is -1.80. The molecule has 2 aliphatic rings. The lowest BCUT2D eigenvalue weighted by Gasteiger charge is -2.27. The lowest BCUT2D eigenvalue weighted by Crippen LogP contribution is -2.52. The molecule has 9 nitrogen and oxygen atoms in total. The maximum absolute atomic E-state index is 14.2. The number of fused-ring (bicyclic) bond motifs is 2. The van der Waals surface area contributed by atoms with Gasteiger partial charge in [0.2, 0.25) is 5.89 Å². The number of hydrogen-bond acceptors (Lipinski definition) is 7. The summed E-state index contributed by atoms with van der Waals surface area (Å²) in [5.41, 5.74) is -1.89. The Morgan fingerprint density at radius 3 is 2.52 bits per heavy atom. The molecule has 0 bridgehead atoms. The lowest BCUT2D eigenvalue weighted by molar-refractivity contribution is -0.146. The van der Waals surface area contributed by atoms with Gasteiger partial charge >= 0.3 is 11.7 Å². The van der Waals surface area contributed by atoms with Gasteiger partial charge in [0.15, 0.2) is 0 Å². The fraction of sp³-hybridized carbons (Fsp3) is 0.484. The molecule has 2 saturated carbocycles. The van der Waals surface area contributed by atoms with Gasteiger partial charge in [0.25, 0.3) is 5.56 Å². The van der Waals surface area contributed by atoms with Crippen LogP contribution < -0.4 is 11.2 Å². The summed E-state index contributed by atoms with van der Waals surface area (Å²) in [6.45, 7) is 6.81. The highest BCUT2D eigenvalue weighted by molar-refractivity contribution is 7.22. The van der Waals surface area contributed by atoms with Crippen LogP contribution in [0.4, 0.5) is 0 Å². The predicted molar refractivity (Wildman–Crippen MR) is 161 cm³/mol. The van der Waals surface area contributed by atoms with Gasteiger partial charge in [-0.2, -0.15) is 0 Å². The summed E-state index contributed by atoms with van der Waals surface area (Å²) in [7, 11) is 0. The summed E-state index contributed by atoms with van der Waals surface area (Å²) >= 11 is 7.91. The van der Waals surface area contributed by atoms with Gasteiger partial charge in [-0.1, -0.05) is 36.7 Å². The molecule has 222 valence electrons. The molecule has 4 aromatic rings. The average Bonchev–Trinajstić information content (AvgIpc) is 3.70. The molecule has 0 aliphatic heterocycles. The number of carboxylic acids is 1. The Bertz CT molecular complexity index is 1760. The van der Waals surface area contributed by atoms with Gasteiger partial charge < -0.3 is 14.3 Å². The standard InChI is InChI=1S/C31H34ClN3O6S/c1-16-11-18-13-20(14-19(18)12-16)41-23(21-7-5-6-8-22(21)32)15-34-28-24(17(2)25(42-28)26-33-9-10-40-26)27(36)35(30(34)39)31(3,4)29(37)38/h5-10,16,18-20,23H,11-15H2,1-4H3,(H,37,38)/t16?,18-,19+,20?,23?. The molecule has 3 unspecified atom stereocenters. The highest BCUT2D eigenvalue weighted by Crippen LogP contribution is 2.48. The molecule has 1 aromatic carbocycles. The van der Waals surface area contributed by atoms with E-state index in [1.54, 1.807) is 13.0 Å². The van der Waals surface area contributed by atoms with Crippen LogP contribution in [0.2, 0.25) is 5.02 Å². The van der Waals surface area contributed by atoms with E-state index in [2.05, 4.69) is 11.9 Å². The van der Waals surface area contributed by atoms with E-state index in [9.17, 15) is 19.5 Å². The second-order valence-corrected chi connectivity index (χ2v) is 13.7. The number of hydrogen-bond donors (Lipinski definition) is 1. The van der Waals surface area contributed by atoms with E-state index in [1.807, 2.05) is 18.2 Å². The van der Waals surface area contributed by atoms with Crippen molar-refractivity contribution in [1.29, 1.82) is 0 Å². The Labute approximate surface area is 251 Å². The van der Waals surface area contributed by atoms with Gasteiger partial charge in [-0.15, -0.1) is 11.3 Å². The largest absolute Gasteiger partial charge is 0.480 e. The van der Waals surface area contributed by atoms with Crippen LogP contribution in [0.15, 0.2) is 50.7 Å². The van der Waals surface area contributed by atoms with Gasteiger partial charge in [-0.25, -0.2) is 19.1 Å². The topological polar surface area (TPSA) is 117 Å². The third-order valence-electron chi connectivity index (χ3n) is 9.09. The van der Waals surface area contributed by atoms with Gasteiger partial charge in [0.1, 0.15) is 22.7 Å². The van der Waals surface area contributed by atoms with Crippen LogP contribution in [0.25, 0.3) is 21.0 Å². The molecule has 0 saturated heterocycles. The zero-order valence-corrected chi connectivity index (χ0v) is 25.6. The number of benzene rings is 1. The fourth-order valence-electron chi connectivity index (χ4n) is 6.96. The maximum Gasteiger partial charge on any atom is 0.333 e. The van der Waals surface area contributed by atoms with Crippen molar-refractivity contribution in [3.63, 3.8) is 0 Å². The fourth-order valence-corrected chi connectivity index (χ4v) is 8.46. The third kappa shape index (κ3) is 4.83. The molecule has 0 radical (unpaired) electrons. The van der Waals surface area contributed by atoms with Crippen LogP contribution in [0.5, 0.6) is 0 Å². The van der Waals surface area contributed by atoms with Gasteiger partial charge in [-0.05, 0) is 75.8 Å². The molecule has 42 heavy (non-hydrogen) atoms. The molecule has 2 fully saturated rings. The Balaban J connectivity index is 1.52. The van der Waals surface area contributed by atoms with Crippen molar-refractivity contribution in [2.45, 2.75) is 77.7 Å². The van der Waals surface area contributed by atoms with Crippen LogP contribution >= 0.6 is 22.9 Å². The van der Waals surface area contributed by atoms with Crippen LogP contribution in [0.3, 0.4) is 0 Å². The summed E-state index contributed by atoms with van der Waals surface area (Å²) in [6.07, 6.45) is 6.68. The summed E-state index contributed by atoms with van der Waals surface area (Å²) in [4.78, 5) is 45.6. The quantitative estimate of drug-likeness (QED) is 0.250. The Hall–Kier alpha value is -3.21.